The van der Waals surface area contributed by atoms with Gasteiger partial charge in [0.05, 0.1) is 23.1 Å². The number of piperidine rings is 1. The van der Waals surface area contributed by atoms with Crippen molar-refractivity contribution in [2.45, 2.75) is 36.7 Å². The van der Waals surface area contributed by atoms with Crippen LogP contribution in [0.25, 0.3) is 0 Å². The first-order chi connectivity index (χ1) is 13.4. The quantitative estimate of drug-likeness (QED) is 0.618. The zero-order chi connectivity index (χ0) is 20.1. The van der Waals surface area contributed by atoms with E-state index in [2.05, 4.69) is 15.9 Å². The van der Waals surface area contributed by atoms with E-state index in [9.17, 15) is 13.2 Å². The second-order valence-electron chi connectivity index (χ2n) is 6.94. The first-order valence-corrected chi connectivity index (χ1v) is 11.7. The number of hydrogen-bond donors (Lipinski definition) is 0. The lowest BCUT2D eigenvalue weighted by Gasteiger charge is -2.31. The number of likely N-dealkylation sites (tertiary alicyclic amines) is 1. The molecule has 1 aliphatic rings. The lowest BCUT2D eigenvalue weighted by Crippen LogP contribution is -2.42. The van der Waals surface area contributed by atoms with Crippen molar-refractivity contribution in [1.29, 1.82) is 0 Å². The number of halogens is 1. The Morgan fingerprint density at radius 3 is 2.64 bits per heavy atom. The summed E-state index contributed by atoms with van der Waals surface area (Å²) in [6, 6.07) is 9.14. The van der Waals surface area contributed by atoms with Crippen molar-refractivity contribution in [3.63, 3.8) is 0 Å². The van der Waals surface area contributed by atoms with Crippen molar-refractivity contribution in [3.05, 3.63) is 52.4 Å². The highest BCUT2D eigenvalue weighted by Gasteiger charge is 2.32. The number of furan rings is 1. The Bertz CT molecular complexity index is 903. The predicted octanol–water partition coefficient (Wildman–Crippen LogP) is 3.59. The highest BCUT2D eigenvalue weighted by Crippen LogP contribution is 2.26. The van der Waals surface area contributed by atoms with E-state index in [1.807, 2.05) is 18.2 Å². The normalized spacial score (nSPS) is 15.6. The molecule has 28 heavy (non-hydrogen) atoms. The van der Waals surface area contributed by atoms with Crippen molar-refractivity contribution < 1.29 is 22.4 Å². The van der Waals surface area contributed by atoms with Crippen LogP contribution in [0, 0.1) is 0 Å². The van der Waals surface area contributed by atoms with E-state index in [4.69, 9.17) is 9.15 Å². The first kappa shape index (κ1) is 20.9. The molecular formula is C20H24BrNO5S. The summed E-state index contributed by atoms with van der Waals surface area (Å²) in [5.74, 6) is 1.20. The SMILES string of the molecule is COc1ccc(CCC(=O)N2CCC(S(=O)(=O)Cc3ccco3)CC2)cc1Br. The third-order valence-corrected chi connectivity index (χ3v) is 7.86. The topological polar surface area (TPSA) is 76.8 Å². The number of hydrogen-bond acceptors (Lipinski definition) is 5. The Labute approximate surface area is 173 Å². The highest BCUT2D eigenvalue weighted by molar-refractivity contribution is 9.10. The molecule has 1 aromatic heterocycles. The van der Waals surface area contributed by atoms with Crippen LogP contribution in [0.15, 0.2) is 45.5 Å². The maximum atomic E-state index is 12.5. The molecule has 1 saturated heterocycles. The molecule has 152 valence electrons. The van der Waals surface area contributed by atoms with Crippen LogP contribution in [0.3, 0.4) is 0 Å². The molecule has 0 N–H and O–H groups in total. The molecule has 0 radical (unpaired) electrons. The molecule has 1 amide bonds. The van der Waals surface area contributed by atoms with Crippen LogP contribution in [0.2, 0.25) is 0 Å². The Hall–Kier alpha value is -1.80. The smallest absolute Gasteiger partial charge is 0.222 e. The first-order valence-electron chi connectivity index (χ1n) is 9.23. The van der Waals surface area contributed by atoms with Gasteiger partial charge in [0, 0.05) is 19.5 Å². The molecule has 0 spiro atoms. The van der Waals surface area contributed by atoms with Gasteiger partial charge in [-0.15, -0.1) is 0 Å². The fourth-order valence-electron chi connectivity index (χ4n) is 3.45. The minimum absolute atomic E-state index is 0.0637. The summed E-state index contributed by atoms with van der Waals surface area (Å²) >= 11 is 3.45. The van der Waals surface area contributed by atoms with Crippen molar-refractivity contribution >= 4 is 31.7 Å². The molecule has 2 aromatic rings. The largest absolute Gasteiger partial charge is 0.496 e. The van der Waals surface area contributed by atoms with Crippen molar-refractivity contribution in [2.24, 2.45) is 0 Å². The number of rotatable bonds is 7. The lowest BCUT2D eigenvalue weighted by molar-refractivity contribution is -0.132. The molecule has 2 heterocycles. The standard InChI is InChI=1S/C20H24BrNO5S/c1-26-19-6-4-15(13-18(19)21)5-7-20(23)22-10-8-17(9-11-22)28(24,25)14-16-3-2-12-27-16/h2-4,6,12-13,17H,5,7-11,14H2,1H3. The number of ether oxygens (including phenoxy) is 1. The van der Waals surface area contributed by atoms with Gasteiger partial charge >= 0.3 is 0 Å². The van der Waals surface area contributed by atoms with Crippen molar-refractivity contribution in [3.8, 4) is 5.75 Å². The van der Waals surface area contributed by atoms with Crippen LogP contribution >= 0.6 is 15.9 Å². The monoisotopic (exact) mass is 469 g/mol. The number of aryl methyl sites for hydroxylation is 1. The molecular weight excluding hydrogens is 446 g/mol. The average Bonchev–Trinajstić information content (AvgIpc) is 3.18. The molecule has 8 heteroatoms. The van der Waals surface area contributed by atoms with Crippen LogP contribution in [0.4, 0.5) is 0 Å². The maximum Gasteiger partial charge on any atom is 0.222 e. The number of sulfone groups is 1. The Morgan fingerprint density at radius 2 is 2.04 bits per heavy atom. The van der Waals surface area contributed by atoms with Crippen LogP contribution in [-0.4, -0.2) is 44.7 Å². The number of methoxy groups -OCH3 is 1. The van der Waals surface area contributed by atoms with E-state index in [1.54, 1.807) is 24.1 Å². The van der Waals surface area contributed by atoms with Gasteiger partial charge in [-0.1, -0.05) is 6.07 Å². The highest BCUT2D eigenvalue weighted by atomic mass is 79.9. The van der Waals surface area contributed by atoms with E-state index in [1.165, 1.54) is 6.26 Å². The summed E-state index contributed by atoms with van der Waals surface area (Å²) in [5, 5.41) is -0.417. The number of amides is 1. The molecule has 0 bridgehead atoms. The second-order valence-corrected chi connectivity index (χ2v) is 10.1. The van der Waals surface area contributed by atoms with Gasteiger partial charge in [0.2, 0.25) is 5.91 Å². The number of nitrogens with zero attached hydrogens (tertiary/aromatic N) is 1. The molecule has 1 aliphatic heterocycles. The number of carbonyl (C=O) groups excluding carboxylic acids is 1. The zero-order valence-corrected chi connectivity index (χ0v) is 18.2. The number of benzene rings is 1. The predicted molar refractivity (Wildman–Crippen MR) is 110 cm³/mol. The van der Waals surface area contributed by atoms with Gasteiger partial charge in [-0.2, -0.15) is 0 Å². The van der Waals surface area contributed by atoms with E-state index < -0.39 is 15.1 Å². The van der Waals surface area contributed by atoms with E-state index >= 15 is 0 Å². The summed E-state index contributed by atoms with van der Waals surface area (Å²) in [6.45, 7) is 0.959. The van der Waals surface area contributed by atoms with Gasteiger partial charge in [0.25, 0.3) is 0 Å². The van der Waals surface area contributed by atoms with Crippen LogP contribution in [0.1, 0.15) is 30.6 Å². The van der Waals surface area contributed by atoms with Gasteiger partial charge in [-0.05, 0) is 65.0 Å². The van der Waals surface area contributed by atoms with Crippen LogP contribution in [-0.2, 0) is 26.8 Å². The van der Waals surface area contributed by atoms with Gasteiger partial charge in [-0.3, -0.25) is 4.79 Å². The molecule has 3 rings (SSSR count). The minimum atomic E-state index is -3.27. The Kier molecular flexibility index (Phi) is 6.82. The van der Waals surface area contributed by atoms with E-state index in [0.29, 0.717) is 44.5 Å². The third kappa shape index (κ3) is 5.17. The summed E-state index contributed by atoms with van der Waals surface area (Å²) in [6.07, 6.45) is 3.47. The van der Waals surface area contributed by atoms with Crippen LogP contribution in [0.5, 0.6) is 5.75 Å². The zero-order valence-electron chi connectivity index (χ0n) is 15.8. The molecule has 0 atom stereocenters. The molecule has 1 aromatic carbocycles. The number of carbonyl (C=O) groups is 1. The maximum absolute atomic E-state index is 12.5. The fraction of sp³-hybridized carbons (Fsp3) is 0.450. The molecule has 0 aliphatic carbocycles. The van der Waals surface area contributed by atoms with Crippen molar-refractivity contribution in [1.82, 2.24) is 4.90 Å². The Morgan fingerprint density at radius 1 is 1.29 bits per heavy atom. The van der Waals surface area contributed by atoms with Gasteiger partial charge in [0.1, 0.15) is 17.3 Å². The molecule has 0 unspecified atom stereocenters. The lowest BCUT2D eigenvalue weighted by atomic mass is 10.1. The van der Waals surface area contributed by atoms with Gasteiger partial charge in [0.15, 0.2) is 9.84 Å². The third-order valence-electron chi connectivity index (χ3n) is 5.07. The summed E-state index contributed by atoms with van der Waals surface area (Å²) in [4.78, 5) is 14.3. The van der Waals surface area contributed by atoms with Crippen LogP contribution < -0.4 is 4.74 Å². The van der Waals surface area contributed by atoms with Crippen molar-refractivity contribution in [2.75, 3.05) is 20.2 Å². The minimum Gasteiger partial charge on any atom is -0.496 e. The molecule has 6 nitrogen and oxygen atoms in total. The summed E-state index contributed by atoms with van der Waals surface area (Å²) < 4.78 is 36.3. The summed E-state index contributed by atoms with van der Waals surface area (Å²) in [5.41, 5.74) is 1.05. The Balaban J connectivity index is 1.49. The van der Waals surface area contributed by atoms with E-state index in [-0.39, 0.29) is 11.7 Å². The second kappa shape index (κ2) is 9.13. The average molecular weight is 470 g/mol. The van der Waals surface area contributed by atoms with Gasteiger partial charge in [-0.25, -0.2) is 8.42 Å². The molecule has 1 fully saturated rings. The fourth-order valence-corrected chi connectivity index (χ4v) is 5.76. The molecule has 0 saturated carbocycles. The van der Waals surface area contributed by atoms with E-state index in [0.717, 1.165) is 15.8 Å². The van der Waals surface area contributed by atoms with Gasteiger partial charge < -0.3 is 14.1 Å². The summed E-state index contributed by atoms with van der Waals surface area (Å²) in [7, 11) is -1.66.